The fourth-order valence-electron chi connectivity index (χ4n) is 7.35. The molecule has 3 N–H and O–H groups in total. The Labute approximate surface area is 274 Å². The Morgan fingerprint density at radius 1 is 0.935 bits per heavy atom. The Morgan fingerprint density at radius 2 is 1.65 bits per heavy atom. The molecule has 2 unspecified atom stereocenters. The van der Waals surface area contributed by atoms with Crippen molar-refractivity contribution in [3.8, 4) is 11.5 Å². The van der Waals surface area contributed by atoms with Gasteiger partial charge in [0.1, 0.15) is 22.9 Å². The van der Waals surface area contributed by atoms with Crippen LogP contribution in [0, 0.1) is 17.8 Å². The van der Waals surface area contributed by atoms with E-state index < -0.39 is 17.0 Å². The zero-order valence-corrected chi connectivity index (χ0v) is 28.6. The highest BCUT2D eigenvalue weighted by molar-refractivity contribution is 5.75. The van der Waals surface area contributed by atoms with Crippen LogP contribution < -0.4 is 35.9 Å². The molecule has 0 radical (unpaired) electrons. The molecule has 2 aromatic carbocycles. The van der Waals surface area contributed by atoms with Gasteiger partial charge in [0.05, 0.1) is 32.5 Å². The first-order chi connectivity index (χ1) is 22.2. The highest BCUT2D eigenvalue weighted by Crippen LogP contribution is 2.33. The van der Waals surface area contributed by atoms with E-state index in [4.69, 9.17) is 18.9 Å². The molecule has 1 saturated carbocycles. The molecule has 1 aliphatic heterocycles. The number of methoxy groups -OCH3 is 3. The Balaban J connectivity index is 1.45. The molecule has 10 heteroatoms. The summed E-state index contributed by atoms with van der Waals surface area (Å²) >= 11 is 0. The van der Waals surface area contributed by atoms with Crippen LogP contribution >= 0.6 is 0 Å². The minimum atomic E-state index is -0.758. The highest BCUT2D eigenvalue weighted by atomic mass is 16.5. The monoisotopic (exact) mass is 643 g/mol. The molecule has 46 heavy (non-hydrogen) atoms. The number of nitrogens with one attached hydrogen (secondary N) is 2. The summed E-state index contributed by atoms with van der Waals surface area (Å²) < 4.78 is 22.3. The fraction of sp³-hybridized carbons (Fsp3) is 0.722. The molecule has 1 saturated heterocycles. The summed E-state index contributed by atoms with van der Waals surface area (Å²) in [6.45, 7) is 7.92. The summed E-state index contributed by atoms with van der Waals surface area (Å²) in [5.41, 5.74) is 0.915. The lowest BCUT2D eigenvalue weighted by Gasteiger charge is -2.40. The first-order valence-corrected chi connectivity index (χ1v) is 17.3. The average Bonchev–Trinajstić information content (AvgIpc) is 3.07. The van der Waals surface area contributed by atoms with Crippen molar-refractivity contribution in [2.24, 2.45) is 17.8 Å². The maximum atomic E-state index is 13.1. The van der Waals surface area contributed by atoms with Crippen LogP contribution in [-0.4, -0.2) is 77.5 Å². The molecule has 2 aliphatic rings. The lowest BCUT2D eigenvalue weighted by Crippen LogP contribution is -2.51. The van der Waals surface area contributed by atoms with Gasteiger partial charge in [-0.3, -0.25) is 9.59 Å². The second-order valence-corrected chi connectivity index (χ2v) is 13.6. The van der Waals surface area contributed by atoms with Crippen molar-refractivity contribution in [3.05, 3.63) is 44.2 Å². The van der Waals surface area contributed by atoms with Crippen LogP contribution in [0.4, 0.5) is 11.4 Å². The van der Waals surface area contributed by atoms with Gasteiger partial charge in [-0.25, -0.2) is 0 Å². The van der Waals surface area contributed by atoms with Crippen LogP contribution in [0.25, 0.3) is 0 Å². The highest BCUT2D eigenvalue weighted by Gasteiger charge is 2.36. The van der Waals surface area contributed by atoms with Crippen LogP contribution in [0.3, 0.4) is 0 Å². The van der Waals surface area contributed by atoms with Gasteiger partial charge in [-0.05, 0) is 55.2 Å². The summed E-state index contributed by atoms with van der Waals surface area (Å²) in [4.78, 5) is 28.2. The van der Waals surface area contributed by atoms with Gasteiger partial charge in [-0.1, -0.05) is 46.0 Å². The maximum Gasteiger partial charge on any atom is 0.253 e. The second kappa shape index (κ2) is 18.0. The lowest BCUT2D eigenvalue weighted by atomic mass is 9.83. The van der Waals surface area contributed by atoms with Crippen LogP contribution in [0.2, 0.25) is 0 Å². The third-order valence-corrected chi connectivity index (χ3v) is 9.78. The van der Waals surface area contributed by atoms with Crippen LogP contribution in [0.5, 0.6) is 11.5 Å². The van der Waals surface area contributed by atoms with Crippen molar-refractivity contribution < 1.29 is 24.1 Å². The Kier molecular flexibility index (Phi) is 14.2. The fourth-order valence-corrected chi connectivity index (χ4v) is 7.35. The van der Waals surface area contributed by atoms with Gasteiger partial charge in [0.25, 0.3) is 10.9 Å². The minimum Gasteiger partial charge on any atom is -0.497 e. The lowest BCUT2D eigenvalue weighted by molar-refractivity contribution is -0.0275. The number of benzene rings is 1. The first kappa shape index (κ1) is 36.2. The molecule has 2 fully saturated rings. The number of anilines is 2. The third kappa shape index (κ3) is 9.69. The molecule has 4 atom stereocenters. The van der Waals surface area contributed by atoms with Crippen molar-refractivity contribution >= 4 is 11.4 Å². The molecule has 0 spiro atoms. The quantitative estimate of drug-likeness (QED) is 0.149. The summed E-state index contributed by atoms with van der Waals surface area (Å²) in [6, 6.07) is 5.35. The van der Waals surface area contributed by atoms with Gasteiger partial charge in [0.15, 0.2) is 0 Å². The van der Waals surface area contributed by atoms with Crippen molar-refractivity contribution in [2.45, 2.75) is 96.4 Å². The number of ether oxygens (including phenoxy) is 4. The largest absolute Gasteiger partial charge is 0.497 e. The van der Waals surface area contributed by atoms with Gasteiger partial charge >= 0.3 is 0 Å². The van der Waals surface area contributed by atoms with E-state index >= 15 is 0 Å². The molecular formula is C36H57N3O7. The van der Waals surface area contributed by atoms with E-state index in [1.807, 2.05) is 18.2 Å². The summed E-state index contributed by atoms with van der Waals surface area (Å²) in [5.74, 6) is 2.48. The molecule has 258 valence electrons. The molecule has 0 aromatic heterocycles. The van der Waals surface area contributed by atoms with E-state index in [1.54, 1.807) is 21.3 Å². The van der Waals surface area contributed by atoms with Crippen LogP contribution in [-0.2, 0) is 16.0 Å². The molecular weight excluding hydrogens is 586 g/mol. The van der Waals surface area contributed by atoms with E-state index in [0.29, 0.717) is 67.6 Å². The minimum absolute atomic E-state index is 0.0686. The zero-order chi connectivity index (χ0) is 33.1. The second-order valence-electron chi connectivity index (χ2n) is 13.6. The number of nitrogens with zero attached hydrogens (tertiary/aromatic N) is 1. The van der Waals surface area contributed by atoms with Crippen LogP contribution in [0.1, 0.15) is 77.2 Å². The van der Waals surface area contributed by atoms with Gasteiger partial charge in [0.2, 0.25) is 0 Å². The standard InChI is InChI=1S/C36H57N3O7/c1-24(2)36(46-16-10-15-43-3)27-13-9-14-39(23-27)33-32(34(41)35(33)42)38-30(19-25-11-7-6-8-12-25)31(40)22-37-21-26-17-28(44-4)20-29(18-26)45-5/h17-18,20,24-25,27,30-31,36-38,40H,6-16,19,21-23H2,1-5H3/t27?,30-,31-,36?/m0/s1. The van der Waals surface area contributed by atoms with Crippen molar-refractivity contribution in [3.63, 3.8) is 0 Å². The first-order valence-electron chi connectivity index (χ1n) is 17.3. The SMILES string of the molecule is COCCCOC(C(C)C)C1CCCN(c2c(N[C@@H](CC3CCCCC3)[C@@H](O)CNCc3cc(OC)cc(OC)c3)c(=O)c2=O)C1. The molecule has 4 rings (SSSR count). The predicted octanol–water partition coefficient (Wildman–Crippen LogP) is 4.50. The number of piperidine rings is 1. The van der Waals surface area contributed by atoms with Crippen molar-refractivity contribution in [2.75, 3.05) is 64.4 Å². The van der Waals surface area contributed by atoms with Gasteiger partial charge in [0, 0.05) is 58.5 Å². The number of hydrogen-bond donors (Lipinski definition) is 3. The molecule has 10 nitrogen and oxygen atoms in total. The zero-order valence-electron chi connectivity index (χ0n) is 28.6. The number of aliphatic hydroxyl groups excluding tert-OH is 1. The topological polar surface area (TPSA) is 119 Å². The number of aliphatic hydroxyl groups is 1. The summed E-state index contributed by atoms with van der Waals surface area (Å²) in [7, 11) is 4.94. The van der Waals surface area contributed by atoms with Crippen molar-refractivity contribution in [1.82, 2.24) is 5.32 Å². The van der Waals surface area contributed by atoms with E-state index in [2.05, 4.69) is 29.4 Å². The van der Waals surface area contributed by atoms with E-state index in [0.717, 1.165) is 50.6 Å². The van der Waals surface area contributed by atoms with Crippen LogP contribution in [0.15, 0.2) is 27.8 Å². The van der Waals surface area contributed by atoms with Crippen molar-refractivity contribution in [1.29, 1.82) is 0 Å². The molecule has 0 amide bonds. The van der Waals surface area contributed by atoms with E-state index in [1.165, 1.54) is 19.3 Å². The molecule has 1 heterocycles. The van der Waals surface area contributed by atoms with Gasteiger partial charge in [-0.15, -0.1) is 0 Å². The van der Waals surface area contributed by atoms with Gasteiger partial charge in [-0.2, -0.15) is 0 Å². The molecule has 1 aliphatic carbocycles. The number of rotatable bonds is 19. The summed E-state index contributed by atoms with van der Waals surface area (Å²) in [5, 5.41) is 18.3. The van der Waals surface area contributed by atoms with Gasteiger partial charge < -0.3 is 39.6 Å². The Bertz CT molecular complexity index is 1250. The third-order valence-electron chi connectivity index (χ3n) is 9.78. The average molecular weight is 644 g/mol. The molecule has 0 bridgehead atoms. The Hall–Kier alpha value is -2.66. The van der Waals surface area contributed by atoms with E-state index in [-0.39, 0.29) is 18.1 Å². The van der Waals surface area contributed by atoms with E-state index in [9.17, 15) is 14.7 Å². The Morgan fingerprint density at radius 3 is 2.30 bits per heavy atom. The summed E-state index contributed by atoms with van der Waals surface area (Å²) in [6.07, 6.45) is 8.72. The predicted molar refractivity (Wildman–Crippen MR) is 183 cm³/mol. The molecule has 2 aromatic rings. The smallest absolute Gasteiger partial charge is 0.253 e. The maximum absolute atomic E-state index is 13.1. The number of hydrogen-bond acceptors (Lipinski definition) is 10. The normalized spacial score (nSPS) is 19.7.